The molecule has 1 aliphatic heterocycles. The zero-order chi connectivity index (χ0) is 39.8. The summed E-state index contributed by atoms with van der Waals surface area (Å²) >= 11 is 1.32. The molecule has 2 heterocycles. The molecular weight excluding hydrogens is 707 g/mol. The van der Waals surface area contributed by atoms with E-state index in [1.165, 1.54) is 18.4 Å². The van der Waals surface area contributed by atoms with E-state index in [0.29, 0.717) is 30.8 Å². The molecular formula is C41H65N5O7S. The molecule has 0 saturated carbocycles. The van der Waals surface area contributed by atoms with Crippen LogP contribution in [0.3, 0.4) is 0 Å². The van der Waals surface area contributed by atoms with E-state index in [-0.39, 0.29) is 66.1 Å². The third-order valence-electron chi connectivity index (χ3n) is 10.5. The van der Waals surface area contributed by atoms with Gasteiger partial charge >= 0.3 is 5.97 Å². The van der Waals surface area contributed by atoms with Crippen LogP contribution in [0.4, 0.5) is 0 Å². The van der Waals surface area contributed by atoms with Crippen LogP contribution in [0.1, 0.15) is 114 Å². The lowest BCUT2D eigenvalue weighted by Gasteiger charge is -2.40. The van der Waals surface area contributed by atoms with Gasteiger partial charge in [0.2, 0.25) is 11.8 Å². The minimum Gasteiger partial charge on any atom is -0.469 e. The Morgan fingerprint density at radius 3 is 2.35 bits per heavy atom. The molecule has 2 N–H and O–H groups in total. The number of likely N-dealkylation sites (tertiary alicyclic amines) is 1. The molecule has 3 rings (SSSR count). The summed E-state index contributed by atoms with van der Waals surface area (Å²) < 4.78 is 16.5. The lowest BCUT2D eigenvalue weighted by molar-refractivity contribution is -0.145. The number of methoxy groups -OCH3 is 2. The molecule has 0 radical (unpaired) electrons. The molecule has 12 nitrogen and oxygen atoms in total. The topological polar surface area (TPSA) is 139 Å². The van der Waals surface area contributed by atoms with Crippen molar-refractivity contribution in [1.82, 2.24) is 25.4 Å². The molecule has 0 bridgehead atoms. The summed E-state index contributed by atoms with van der Waals surface area (Å²) in [5.41, 5.74) is 1.29. The Morgan fingerprint density at radius 1 is 1.02 bits per heavy atom. The van der Waals surface area contributed by atoms with E-state index in [1.807, 2.05) is 63.1 Å². The van der Waals surface area contributed by atoms with E-state index in [1.54, 1.807) is 19.4 Å². The maximum Gasteiger partial charge on any atom is 0.308 e. The fraction of sp³-hybridized carbons (Fsp3) is 0.683. The van der Waals surface area contributed by atoms with Crippen molar-refractivity contribution in [2.75, 3.05) is 41.1 Å². The number of carbonyl (C=O) groups is 4. The van der Waals surface area contributed by atoms with Crippen molar-refractivity contribution in [3.63, 3.8) is 0 Å². The highest BCUT2D eigenvalue weighted by Crippen LogP contribution is 2.32. The number of amides is 3. The summed E-state index contributed by atoms with van der Waals surface area (Å²) in [5.74, 6) is -1.29. The van der Waals surface area contributed by atoms with Gasteiger partial charge in [-0.05, 0) is 63.1 Å². The number of likely N-dealkylation sites (N-methyl/N-ethyl adjacent to an activating group) is 1. The van der Waals surface area contributed by atoms with Gasteiger partial charge in [0.25, 0.3) is 5.91 Å². The number of hydrogen-bond donors (Lipinski definition) is 2. The maximum absolute atomic E-state index is 14.6. The van der Waals surface area contributed by atoms with E-state index >= 15 is 0 Å². The van der Waals surface area contributed by atoms with Gasteiger partial charge in [-0.2, -0.15) is 0 Å². The van der Waals surface area contributed by atoms with E-state index < -0.39 is 18.1 Å². The first-order valence-electron chi connectivity index (χ1n) is 19.6. The molecule has 1 aliphatic rings. The van der Waals surface area contributed by atoms with Crippen LogP contribution in [-0.4, -0.2) is 104 Å². The van der Waals surface area contributed by atoms with Crippen molar-refractivity contribution in [1.29, 1.82) is 0 Å². The smallest absolute Gasteiger partial charge is 0.308 e. The zero-order valence-electron chi connectivity index (χ0n) is 34.0. The van der Waals surface area contributed by atoms with Gasteiger partial charge in [0.1, 0.15) is 29.6 Å². The molecule has 1 aromatic heterocycles. The SMILES string of the molecule is CCCN(C(=O)[C@@H](NC(=O)C1CCCCN1C)C(C)CC)[C@H](C[C@@H](OCOC)c1nc(C(=O)N[C@@H](Cc2ccccc2)C[C@H](C)C(=O)OC)cs1)C(C)C. The highest BCUT2D eigenvalue weighted by atomic mass is 32.1. The van der Waals surface area contributed by atoms with Crippen LogP contribution in [0.25, 0.3) is 0 Å². The standard InChI is InChI=1S/C41H65N5O7S/c1-10-20-46(40(49)36(28(5)11-2)44-38(48)33-19-15-16-21-45(33)7)34(27(3)4)24-35(53-26-51-8)39-43-32(25-54-39)37(47)42-31(22-29(6)41(50)52-9)23-30-17-13-12-14-18-30/h12-14,17-18,25,27-29,31,33-36H,10-11,15-16,19-24,26H2,1-9H3,(H,42,47)(H,44,48)/t28?,29-,31+,33?,34+,35+,36-/m0/s1. The van der Waals surface area contributed by atoms with Crippen LogP contribution in [0, 0.1) is 17.8 Å². The summed E-state index contributed by atoms with van der Waals surface area (Å²) in [6, 6.07) is 8.32. The quantitative estimate of drug-likeness (QED) is 0.109. The summed E-state index contributed by atoms with van der Waals surface area (Å²) in [6.45, 7) is 13.5. The Balaban J connectivity index is 1.86. The molecule has 0 spiro atoms. The molecule has 1 aromatic carbocycles. The average molecular weight is 772 g/mol. The molecule has 1 fully saturated rings. The number of aromatic nitrogens is 1. The van der Waals surface area contributed by atoms with Crippen molar-refractivity contribution >= 4 is 35.0 Å². The van der Waals surface area contributed by atoms with E-state index in [2.05, 4.69) is 29.4 Å². The number of hydrogen-bond acceptors (Lipinski definition) is 10. The average Bonchev–Trinajstić information content (AvgIpc) is 3.66. The second kappa shape index (κ2) is 22.9. The van der Waals surface area contributed by atoms with E-state index in [0.717, 1.165) is 44.2 Å². The Hall–Kier alpha value is -3.39. The van der Waals surface area contributed by atoms with Crippen LogP contribution in [-0.2, 0) is 35.0 Å². The summed E-state index contributed by atoms with van der Waals surface area (Å²) in [6.07, 6.45) is 5.11. The van der Waals surface area contributed by atoms with Crippen molar-refractivity contribution in [2.24, 2.45) is 17.8 Å². The van der Waals surface area contributed by atoms with Gasteiger partial charge in [0.15, 0.2) is 0 Å². The summed E-state index contributed by atoms with van der Waals surface area (Å²) in [4.78, 5) is 63.0. The number of piperidine rings is 1. The van der Waals surface area contributed by atoms with Gasteiger partial charge in [-0.15, -0.1) is 11.3 Å². The van der Waals surface area contributed by atoms with E-state index in [9.17, 15) is 19.2 Å². The zero-order valence-corrected chi connectivity index (χ0v) is 34.8. The van der Waals surface area contributed by atoms with Crippen LogP contribution in [0.5, 0.6) is 0 Å². The van der Waals surface area contributed by atoms with Gasteiger partial charge < -0.3 is 29.7 Å². The molecule has 302 valence electrons. The Bertz CT molecular complexity index is 1460. The third kappa shape index (κ3) is 13.1. The van der Waals surface area contributed by atoms with Crippen molar-refractivity contribution in [2.45, 2.75) is 123 Å². The van der Waals surface area contributed by atoms with Crippen LogP contribution in [0.15, 0.2) is 35.7 Å². The highest BCUT2D eigenvalue weighted by Gasteiger charge is 2.38. The predicted molar refractivity (Wildman–Crippen MR) is 212 cm³/mol. The van der Waals surface area contributed by atoms with Gasteiger partial charge in [0.05, 0.1) is 19.1 Å². The number of nitrogens with one attached hydrogen (secondary N) is 2. The second-order valence-corrected chi connectivity index (χ2v) is 16.0. The number of benzene rings is 1. The molecule has 13 heteroatoms. The Morgan fingerprint density at radius 2 is 1.74 bits per heavy atom. The van der Waals surface area contributed by atoms with Crippen molar-refractivity contribution < 1.29 is 33.4 Å². The fourth-order valence-corrected chi connectivity index (χ4v) is 8.04. The summed E-state index contributed by atoms with van der Waals surface area (Å²) in [7, 11) is 4.89. The molecule has 2 unspecified atom stereocenters. The molecule has 7 atom stereocenters. The van der Waals surface area contributed by atoms with Crippen LogP contribution in [0.2, 0.25) is 0 Å². The van der Waals surface area contributed by atoms with Gasteiger partial charge in [0, 0.05) is 37.5 Å². The predicted octanol–water partition coefficient (Wildman–Crippen LogP) is 6.01. The second-order valence-electron chi connectivity index (χ2n) is 15.1. The molecule has 0 aliphatic carbocycles. The normalized spacial score (nSPS) is 18.2. The number of nitrogens with zero attached hydrogens (tertiary/aromatic N) is 3. The van der Waals surface area contributed by atoms with E-state index in [4.69, 9.17) is 19.2 Å². The largest absolute Gasteiger partial charge is 0.469 e. The first kappa shape index (κ1) is 45.0. The van der Waals surface area contributed by atoms with Crippen molar-refractivity contribution in [3.05, 3.63) is 52.0 Å². The number of rotatable bonds is 22. The lowest BCUT2D eigenvalue weighted by Crippen LogP contribution is -2.58. The number of esters is 1. The first-order chi connectivity index (χ1) is 25.8. The molecule has 54 heavy (non-hydrogen) atoms. The number of thiazole rings is 1. The molecule has 3 amide bonds. The van der Waals surface area contributed by atoms with Gasteiger partial charge in [-0.1, -0.05) is 84.7 Å². The Labute approximate surface area is 327 Å². The number of carbonyl (C=O) groups excluding carboxylic acids is 4. The third-order valence-corrected chi connectivity index (χ3v) is 11.5. The molecule has 2 aromatic rings. The van der Waals surface area contributed by atoms with Crippen molar-refractivity contribution in [3.8, 4) is 0 Å². The molecule has 1 saturated heterocycles. The number of ether oxygens (including phenoxy) is 3. The maximum atomic E-state index is 14.6. The summed E-state index contributed by atoms with van der Waals surface area (Å²) in [5, 5.41) is 8.61. The van der Waals surface area contributed by atoms with Gasteiger partial charge in [-0.25, -0.2) is 4.98 Å². The van der Waals surface area contributed by atoms with Crippen LogP contribution < -0.4 is 10.6 Å². The first-order valence-corrected chi connectivity index (χ1v) is 20.5. The highest BCUT2D eigenvalue weighted by molar-refractivity contribution is 7.09. The fourth-order valence-electron chi connectivity index (χ4n) is 7.18. The van der Waals surface area contributed by atoms with Gasteiger partial charge in [-0.3, -0.25) is 24.1 Å². The monoisotopic (exact) mass is 771 g/mol. The minimum absolute atomic E-state index is 0.00331. The lowest BCUT2D eigenvalue weighted by atomic mass is 9.92. The van der Waals surface area contributed by atoms with Crippen LogP contribution >= 0.6 is 11.3 Å². The minimum atomic E-state index is -0.662. The Kier molecular flexibility index (Phi) is 19.1.